The van der Waals surface area contributed by atoms with Crippen molar-refractivity contribution in [1.29, 1.82) is 0 Å². The quantitative estimate of drug-likeness (QED) is 0.665. The molecule has 0 heterocycles. The van der Waals surface area contributed by atoms with Crippen LogP contribution in [0.25, 0.3) is 0 Å². The molecule has 1 rings (SSSR count). The molecule has 0 aromatic rings. The fraction of sp³-hybridized carbons (Fsp3) is 1.00. The molecule has 1 aliphatic rings. The maximum atomic E-state index is 6.04. The Balaban J connectivity index is 2.32. The van der Waals surface area contributed by atoms with Crippen LogP contribution in [0.15, 0.2) is 0 Å². The van der Waals surface area contributed by atoms with Gasteiger partial charge in [0.2, 0.25) is 0 Å². The van der Waals surface area contributed by atoms with Gasteiger partial charge in [0.25, 0.3) is 0 Å². The lowest BCUT2D eigenvalue weighted by Gasteiger charge is -2.36. The van der Waals surface area contributed by atoms with E-state index in [1.54, 1.807) is 7.11 Å². The molecule has 1 aliphatic carbocycles. The van der Waals surface area contributed by atoms with Crippen molar-refractivity contribution in [3.05, 3.63) is 0 Å². The van der Waals surface area contributed by atoms with Crippen LogP contribution in [0.5, 0.6) is 0 Å². The third-order valence-electron chi connectivity index (χ3n) is 3.77. The van der Waals surface area contributed by atoms with Gasteiger partial charge in [-0.05, 0) is 38.1 Å². The van der Waals surface area contributed by atoms with Gasteiger partial charge in [-0.1, -0.05) is 20.3 Å². The summed E-state index contributed by atoms with van der Waals surface area (Å²) in [6, 6.07) is 0.561. The van der Waals surface area contributed by atoms with Gasteiger partial charge < -0.3 is 14.8 Å². The zero-order valence-electron chi connectivity index (χ0n) is 11.7. The Bertz CT molecular complexity index is 187. The van der Waals surface area contributed by atoms with E-state index in [-0.39, 0.29) is 0 Å². The molecular formula is C14H29NO2. The Kier molecular flexibility index (Phi) is 7.82. The van der Waals surface area contributed by atoms with Crippen molar-refractivity contribution in [3.8, 4) is 0 Å². The summed E-state index contributed by atoms with van der Waals surface area (Å²) in [5, 5.41) is 3.56. The topological polar surface area (TPSA) is 30.5 Å². The van der Waals surface area contributed by atoms with Crippen LogP contribution in [-0.2, 0) is 9.47 Å². The van der Waals surface area contributed by atoms with Crippen molar-refractivity contribution in [1.82, 2.24) is 5.32 Å². The molecule has 0 aliphatic heterocycles. The molecule has 3 heteroatoms. The molecule has 1 N–H and O–H groups in total. The Morgan fingerprint density at radius 3 is 2.65 bits per heavy atom. The van der Waals surface area contributed by atoms with Gasteiger partial charge in [0.15, 0.2) is 0 Å². The predicted molar refractivity (Wildman–Crippen MR) is 71.3 cm³/mol. The van der Waals surface area contributed by atoms with Crippen LogP contribution in [0.3, 0.4) is 0 Å². The largest absolute Gasteiger partial charge is 0.385 e. The summed E-state index contributed by atoms with van der Waals surface area (Å²) in [6.07, 6.45) is 6.54. The molecule has 1 fully saturated rings. The van der Waals surface area contributed by atoms with Crippen LogP contribution in [0.2, 0.25) is 0 Å². The minimum atomic E-state index is 0.408. The number of hydrogen-bond donors (Lipinski definition) is 1. The lowest BCUT2D eigenvalue weighted by atomic mass is 9.82. The molecule has 0 spiro atoms. The molecular weight excluding hydrogens is 214 g/mol. The monoisotopic (exact) mass is 243 g/mol. The van der Waals surface area contributed by atoms with Crippen molar-refractivity contribution >= 4 is 0 Å². The SMILES string of the molecule is CCNC1CCC(CC)CC1OCCCOC. The summed E-state index contributed by atoms with van der Waals surface area (Å²) in [5.41, 5.74) is 0. The zero-order valence-corrected chi connectivity index (χ0v) is 11.7. The van der Waals surface area contributed by atoms with Gasteiger partial charge >= 0.3 is 0 Å². The molecule has 3 atom stereocenters. The van der Waals surface area contributed by atoms with Crippen molar-refractivity contribution in [3.63, 3.8) is 0 Å². The summed E-state index contributed by atoms with van der Waals surface area (Å²) < 4.78 is 11.1. The van der Waals surface area contributed by atoms with Crippen molar-refractivity contribution < 1.29 is 9.47 Å². The van der Waals surface area contributed by atoms with E-state index in [9.17, 15) is 0 Å². The van der Waals surface area contributed by atoms with Crippen molar-refractivity contribution in [2.75, 3.05) is 26.9 Å². The number of methoxy groups -OCH3 is 1. The van der Waals surface area contributed by atoms with Crippen molar-refractivity contribution in [2.45, 2.75) is 58.1 Å². The predicted octanol–water partition coefficient (Wildman–Crippen LogP) is 2.60. The molecule has 0 bridgehead atoms. The number of rotatable bonds is 8. The van der Waals surface area contributed by atoms with E-state index in [4.69, 9.17) is 9.47 Å². The Hall–Kier alpha value is -0.120. The molecule has 0 saturated heterocycles. The molecule has 3 unspecified atom stereocenters. The minimum absolute atomic E-state index is 0.408. The van der Waals surface area contributed by atoms with E-state index in [0.717, 1.165) is 32.1 Å². The third kappa shape index (κ3) is 5.36. The molecule has 0 aromatic carbocycles. The van der Waals surface area contributed by atoms with E-state index in [1.807, 2.05) is 0 Å². The van der Waals surface area contributed by atoms with Crippen LogP contribution in [0.4, 0.5) is 0 Å². The van der Waals surface area contributed by atoms with E-state index < -0.39 is 0 Å². The highest BCUT2D eigenvalue weighted by Gasteiger charge is 2.29. The lowest BCUT2D eigenvalue weighted by molar-refractivity contribution is -0.0165. The van der Waals surface area contributed by atoms with Crippen LogP contribution in [0.1, 0.15) is 46.0 Å². The van der Waals surface area contributed by atoms with Gasteiger partial charge in [-0.25, -0.2) is 0 Å². The van der Waals surface area contributed by atoms with E-state index in [1.165, 1.54) is 25.7 Å². The molecule has 0 aromatic heterocycles. The van der Waals surface area contributed by atoms with Gasteiger partial charge in [-0.3, -0.25) is 0 Å². The maximum absolute atomic E-state index is 6.04. The fourth-order valence-corrected chi connectivity index (χ4v) is 2.70. The summed E-state index contributed by atoms with van der Waals surface area (Å²) in [6.45, 7) is 7.14. The minimum Gasteiger partial charge on any atom is -0.385 e. The molecule has 1 saturated carbocycles. The first-order valence-electron chi connectivity index (χ1n) is 7.15. The van der Waals surface area contributed by atoms with Crippen LogP contribution in [0, 0.1) is 5.92 Å². The number of hydrogen-bond acceptors (Lipinski definition) is 3. The molecule has 3 nitrogen and oxygen atoms in total. The number of nitrogens with one attached hydrogen (secondary N) is 1. The van der Waals surface area contributed by atoms with Gasteiger partial charge in [-0.2, -0.15) is 0 Å². The summed E-state index contributed by atoms with van der Waals surface area (Å²) >= 11 is 0. The standard InChI is InChI=1S/C14H29NO2/c1-4-12-7-8-13(15-5-2)14(11-12)17-10-6-9-16-3/h12-15H,4-11H2,1-3H3. The first-order valence-corrected chi connectivity index (χ1v) is 7.15. The highest BCUT2D eigenvalue weighted by molar-refractivity contribution is 4.85. The lowest BCUT2D eigenvalue weighted by Crippen LogP contribution is -2.45. The Morgan fingerprint density at radius 1 is 1.18 bits per heavy atom. The normalized spacial score (nSPS) is 29.5. The Labute approximate surface area is 106 Å². The van der Waals surface area contributed by atoms with Gasteiger partial charge in [-0.15, -0.1) is 0 Å². The average molecular weight is 243 g/mol. The van der Waals surface area contributed by atoms with Crippen LogP contribution in [-0.4, -0.2) is 39.0 Å². The maximum Gasteiger partial charge on any atom is 0.0730 e. The second-order valence-electron chi connectivity index (χ2n) is 5.01. The number of ether oxygens (including phenoxy) is 2. The van der Waals surface area contributed by atoms with Gasteiger partial charge in [0.1, 0.15) is 0 Å². The highest BCUT2D eigenvalue weighted by Crippen LogP contribution is 2.28. The van der Waals surface area contributed by atoms with Crippen molar-refractivity contribution in [2.24, 2.45) is 5.92 Å². The molecule has 17 heavy (non-hydrogen) atoms. The second kappa shape index (κ2) is 8.90. The number of likely N-dealkylation sites (N-methyl/N-ethyl adjacent to an activating group) is 1. The smallest absolute Gasteiger partial charge is 0.0730 e. The van der Waals surface area contributed by atoms with E-state index in [2.05, 4.69) is 19.2 Å². The summed E-state index contributed by atoms with van der Waals surface area (Å²) in [7, 11) is 1.75. The zero-order chi connectivity index (χ0) is 12.5. The van der Waals surface area contributed by atoms with Crippen LogP contribution < -0.4 is 5.32 Å². The summed E-state index contributed by atoms with van der Waals surface area (Å²) in [5.74, 6) is 0.859. The first kappa shape index (κ1) is 14.9. The fourth-order valence-electron chi connectivity index (χ4n) is 2.70. The van der Waals surface area contributed by atoms with E-state index >= 15 is 0 Å². The van der Waals surface area contributed by atoms with Crippen LogP contribution >= 0.6 is 0 Å². The summed E-state index contributed by atoms with van der Waals surface area (Å²) in [4.78, 5) is 0. The van der Waals surface area contributed by atoms with Gasteiger partial charge in [0.05, 0.1) is 6.10 Å². The molecule has 0 radical (unpaired) electrons. The van der Waals surface area contributed by atoms with Gasteiger partial charge in [0, 0.05) is 26.4 Å². The van der Waals surface area contributed by atoms with E-state index in [0.29, 0.717) is 12.1 Å². The third-order valence-corrected chi connectivity index (χ3v) is 3.77. The average Bonchev–Trinajstić information content (AvgIpc) is 2.36. The molecule has 0 amide bonds. The second-order valence-corrected chi connectivity index (χ2v) is 5.01. The highest BCUT2D eigenvalue weighted by atomic mass is 16.5. The molecule has 102 valence electrons. The first-order chi connectivity index (χ1) is 8.31. The Morgan fingerprint density at radius 2 is 2.00 bits per heavy atom.